The maximum atomic E-state index is 13.0. The molecule has 0 bridgehead atoms. The van der Waals surface area contributed by atoms with E-state index in [0.29, 0.717) is 12.6 Å². The summed E-state index contributed by atoms with van der Waals surface area (Å²) in [6.07, 6.45) is 0.987. The summed E-state index contributed by atoms with van der Waals surface area (Å²) in [5.74, 6) is 0.660. The van der Waals surface area contributed by atoms with E-state index in [1.165, 1.54) is 17.0 Å². The lowest BCUT2D eigenvalue weighted by Gasteiger charge is -2.22. The molecule has 3 rings (SSSR count). The van der Waals surface area contributed by atoms with Crippen molar-refractivity contribution >= 4 is 11.7 Å². The molecule has 1 N–H and O–H groups in total. The third-order valence-electron chi connectivity index (χ3n) is 4.96. The molecule has 1 amide bonds. The molecule has 0 saturated carbocycles. The number of aromatic nitrogens is 2. The van der Waals surface area contributed by atoms with Gasteiger partial charge in [-0.15, -0.1) is 0 Å². The monoisotopic (exact) mass is 371 g/mol. The zero-order valence-electron chi connectivity index (χ0n) is 16.3. The zero-order chi connectivity index (χ0) is 19.6. The molecule has 27 heavy (non-hydrogen) atoms. The molecule has 1 aliphatic heterocycles. The van der Waals surface area contributed by atoms with Crippen LogP contribution in [0.4, 0.5) is 10.2 Å². The highest BCUT2D eigenvalue weighted by atomic mass is 19.1. The molecule has 0 unspecified atom stereocenters. The minimum absolute atomic E-state index is 0.190. The van der Waals surface area contributed by atoms with Crippen LogP contribution in [0.3, 0.4) is 0 Å². The van der Waals surface area contributed by atoms with E-state index in [2.05, 4.69) is 20.2 Å². The lowest BCUT2D eigenvalue weighted by molar-refractivity contribution is 0.0815. The van der Waals surface area contributed by atoms with E-state index >= 15 is 0 Å². The second-order valence-electron chi connectivity index (χ2n) is 7.22. The highest BCUT2D eigenvalue weighted by Crippen LogP contribution is 2.24. The van der Waals surface area contributed by atoms with Crippen molar-refractivity contribution < 1.29 is 9.18 Å². The summed E-state index contributed by atoms with van der Waals surface area (Å²) in [5.41, 5.74) is 2.89. The van der Waals surface area contributed by atoms with Crippen LogP contribution in [-0.2, 0) is 6.54 Å². The molecule has 6 nitrogen and oxygen atoms in total. The molecule has 1 fully saturated rings. The number of nitrogens with one attached hydrogen (secondary N) is 1. The summed E-state index contributed by atoms with van der Waals surface area (Å²) in [6, 6.07) is 6.87. The number of aryl methyl sites for hydroxylation is 1. The van der Waals surface area contributed by atoms with Crippen LogP contribution in [0.15, 0.2) is 24.3 Å². The molecule has 0 aliphatic carbocycles. The molecule has 1 aliphatic rings. The molecule has 1 atom stereocenters. The Balaban J connectivity index is 1.69. The van der Waals surface area contributed by atoms with E-state index in [9.17, 15) is 9.18 Å². The maximum absolute atomic E-state index is 13.0. The largest absolute Gasteiger partial charge is 0.355 e. The lowest BCUT2D eigenvalue weighted by Crippen LogP contribution is -2.33. The van der Waals surface area contributed by atoms with Gasteiger partial charge in [-0.05, 0) is 38.0 Å². The summed E-state index contributed by atoms with van der Waals surface area (Å²) in [7, 11) is 3.40. The van der Waals surface area contributed by atoms with Crippen LogP contribution in [-0.4, -0.2) is 54.0 Å². The van der Waals surface area contributed by atoms with E-state index in [1.807, 2.05) is 13.8 Å². The van der Waals surface area contributed by atoms with Crippen LogP contribution in [0.5, 0.6) is 0 Å². The molecule has 0 radical (unpaired) electrons. The summed E-state index contributed by atoms with van der Waals surface area (Å²) in [6.45, 7) is 6.29. The molecule has 0 spiro atoms. The van der Waals surface area contributed by atoms with Gasteiger partial charge in [-0.1, -0.05) is 12.1 Å². The van der Waals surface area contributed by atoms with Crippen molar-refractivity contribution in [3.8, 4) is 0 Å². The van der Waals surface area contributed by atoms with E-state index < -0.39 is 0 Å². The van der Waals surface area contributed by atoms with Gasteiger partial charge in [0.25, 0.3) is 5.91 Å². The summed E-state index contributed by atoms with van der Waals surface area (Å²) < 4.78 is 13.0. The van der Waals surface area contributed by atoms with E-state index in [1.54, 1.807) is 26.2 Å². The van der Waals surface area contributed by atoms with Crippen molar-refractivity contribution in [3.63, 3.8) is 0 Å². The quantitative estimate of drug-likeness (QED) is 0.874. The predicted octanol–water partition coefficient (Wildman–Crippen LogP) is 2.30. The van der Waals surface area contributed by atoms with E-state index in [-0.39, 0.29) is 17.5 Å². The van der Waals surface area contributed by atoms with Crippen LogP contribution >= 0.6 is 0 Å². The molecular formula is C20H26FN5O. The van der Waals surface area contributed by atoms with Crippen LogP contribution in [0, 0.1) is 19.7 Å². The highest BCUT2D eigenvalue weighted by Gasteiger charge is 2.26. The third-order valence-corrected chi connectivity index (χ3v) is 4.96. The first-order valence-corrected chi connectivity index (χ1v) is 9.15. The van der Waals surface area contributed by atoms with Crippen molar-refractivity contribution in [1.82, 2.24) is 20.2 Å². The number of carbonyl (C=O) groups is 1. The standard InChI is InChI=1S/C20H26FN5O/c1-13-14(2)23-18(20(27)25(3)4)24-19(13)26-10-9-17(12-26)22-11-15-5-7-16(21)8-6-15/h5-8,17,22H,9-12H2,1-4H3/t17-/m1/s1. The first kappa shape index (κ1) is 19.2. The maximum Gasteiger partial charge on any atom is 0.291 e. The van der Waals surface area contributed by atoms with Gasteiger partial charge < -0.3 is 15.1 Å². The number of nitrogens with zero attached hydrogens (tertiary/aromatic N) is 4. The topological polar surface area (TPSA) is 61.4 Å². The van der Waals surface area contributed by atoms with E-state index in [0.717, 1.165) is 42.1 Å². The number of hydrogen-bond acceptors (Lipinski definition) is 5. The van der Waals surface area contributed by atoms with Crippen molar-refractivity contribution in [2.45, 2.75) is 32.9 Å². The predicted molar refractivity (Wildman–Crippen MR) is 103 cm³/mol. The van der Waals surface area contributed by atoms with Crippen LogP contribution in [0.2, 0.25) is 0 Å². The molecule has 2 heterocycles. The molecular weight excluding hydrogens is 345 g/mol. The molecule has 1 aromatic carbocycles. The van der Waals surface area contributed by atoms with Gasteiger partial charge >= 0.3 is 0 Å². The minimum Gasteiger partial charge on any atom is -0.355 e. The Labute approximate surface area is 159 Å². The minimum atomic E-state index is -0.219. The summed E-state index contributed by atoms with van der Waals surface area (Å²) in [4.78, 5) is 24.9. The zero-order valence-corrected chi connectivity index (χ0v) is 16.3. The van der Waals surface area contributed by atoms with Gasteiger partial charge in [0.05, 0.1) is 0 Å². The van der Waals surface area contributed by atoms with Crippen molar-refractivity contribution in [1.29, 1.82) is 0 Å². The third kappa shape index (κ3) is 4.42. The Bertz CT molecular complexity index is 822. The highest BCUT2D eigenvalue weighted by molar-refractivity contribution is 5.90. The fraction of sp³-hybridized carbons (Fsp3) is 0.450. The number of benzene rings is 1. The number of hydrogen-bond donors (Lipinski definition) is 1. The SMILES string of the molecule is Cc1nc(C(=O)N(C)C)nc(N2CC[C@@H](NCc3ccc(F)cc3)C2)c1C. The first-order valence-electron chi connectivity index (χ1n) is 9.15. The van der Waals surface area contributed by atoms with Gasteiger partial charge in [0.15, 0.2) is 0 Å². The molecule has 1 saturated heterocycles. The Morgan fingerprint density at radius 3 is 2.63 bits per heavy atom. The number of rotatable bonds is 5. The average Bonchev–Trinajstić information content (AvgIpc) is 3.11. The van der Waals surface area contributed by atoms with E-state index in [4.69, 9.17) is 0 Å². The molecule has 144 valence electrons. The number of amides is 1. The van der Waals surface area contributed by atoms with Crippen LogP contribution in [0.25, 0.3) is 0 Å². The van der Waals surface area contributed by atoms with Gasteiger partial charge in [-0.2, -0.15) is 0 Å². The van der Waals surface area contributed by atoms with Crippen molar-refractivity contribution in [2.75, 3.05) is 32.1 Å². The van der Waals surface area contributed by atoms with Gasteiger partial charge in [0, 0.05) is 51.0 Å². The molecule has 2 aromatic rings. The van der Waals surface area contributed by atoms with Crippen molar-refractivity contribution in [2.24, 2.45) is 0 Å². The Morgan fingerprint density at radius 1 is 1.26 bits per heavy atom. The second-order valence-corrected chi connectivity index (χ2v) is 7.22. The van der Waals surface area contributed by atoms with Crippen LogP contribution in [0.1, 0.15) is 33.9 Å². The Kier molecular flexibility index (Phi) is 5.70. The average molecular weight is 371 g/mol. The van der Waals surface area contributed by atoms with Gasteiger partial charge in [0.2, 0.25) is 5.82 Å². The molecule has 7 heteroatoms. The number of halogens is 1. The Hall–Kier alpha value is -2.54. The van der Waals surface area contributed by atoms with Crippen LogP contribution < -0.4 is 10.2 Å². The lowest BCUT2D eigenvalue weighted by atomic mass is 10.2. The summed E-state index contributed by atoms with van der Waals surface area (Å²) in [5, 5.41) is 3.52. The van der Waals surface area contributed by atoms with Crippen molar-refractivity contribution in [3.05, 3.63) is 52.7 Å². The normalized spacial score (nSPS) is 16.6. The van der Waals surface area contributed by atoms with Gasteiger partial charge in [-0.3, -0.25) is 4.79 Å². The van der Waals surface area contributed by atoms with Gasteiger partial charge in [-0.25, -0.2) is 14.4 Å². The molecule has 1 aromatic heterocycles. The number of anilines is 1. The van der Waals surface area contributed by atoms with Gasteiger partial charge in [0.1, 0.15) is 11.6 Å². The number of carbonyl (C=O) groups excluding carboxylic acids is 1. The summed E-state index contributed by atoms with van der Waals surface area (Å²) >= 11 is 0. The first-order chi connectivity index (χ1) is 12.8. The second kappa shape index (κ2) is 8.00. The smallest absolute Gasteiger partial charge is 0.291 e. The fourth-order valence-corrected chi connectivity index (χ4v) is 3.20. The fourth-order valence-electron chi connectivity index (χ4n) is 3.20. The Morgan fingerprint density at radius 2 is 1.96 bits per heavy atom.